The second-order valence-corrected chi connectivity index (χ2v) is 8.14. The summed E-state index contributed by atoms with van der Waals surface area (Å²) in [6, 6.07) is 3.71. The van der Waals surface area contributed by atoms with Gasteiger partial charge in [0.15, 0.2) is 0 Å². The van der Waals surface area contributed by atoms with E-state index in [9.17, 15) is 24.0 Å². The van der Waals surface area contributed by atoms with Crippen molar-refractivity contribution in [3.8, 4) is 0 Å². The molecule has 2 atom stereocenters. The molecule has 0 fully saturated rings. The molecule has 0 heterocycles. The average Bonchev–Trinajstić information content (AvgIpc) is 2.81. The Labute approximate surface area is 208 Å². The number of anilines is 1. The van der Waals surface area contributed by atoms with E-state index in [-0.39, 0.29) is 25.5 Å². The summed E-state index contributed by atoms with van der Waals surface area (Å²) in [5.74, 6) is -1.56. The lowest BCUT2D eigenvalue weighted by Crippen LogP contribution is -2.54. The number of urea groups is 1. The lowest BCUT2D eigenvalue weighted by Gasteiger charge is -2.24. The summed E-state index contributed by atoms with van der Waals surface area (Å²) >= 11 is 0. The third-order valence-electron chi connectivity index (χ3n) is 4.83. The number of primary amides is 1. The molecule has 0 aliphatic carbocycles. The minimum atomic E-state index is -1.36. The van der Waals surface area contributed by atoms with Crippen LogP contribution in [-0.4, -0.2) is 66.9 Å². The second kappa shape index (κ2) is 15.8. The summed E-state index contributed by atoms with van der Waals surface area (Å²) < 4.78 is 5.05. The number of nitrogens with two attached hydrogens (primary N) is 2. The van der Waals surface area contributed by atoms with Gasteiger partial charge >= 0.3 is 18.2 Å². The molecule has 0 spiro atoms. The molecule has 36 heavy (non-hydrogen) atoms. The maximum Gasteiger partial charge on any atom is 0.407 e. The van der Waals surface area contributed by atoms with Crippen LogP contribution in [0.15, 0.2) is 24.3 Å². The van der Waals surface area contributed by atoms with Crippen LogP contribution in [0, 0.1) is 5.92 Å². The zero-order valence-corrected chi connectivity index (χ0v) is 20.3. The molecule has 1 rings (SSSR count). The van der Waals surface area contributed by atoms with Gasteiger partial charge < -0.3 is 47.9 Å². The molecule has 14 heteroatoms. The van der Waals surface area contributed by atoms with Crippen LogP contribution in [0.1, 0.15) is 32.3 Å². The fourth-order valence-electron chi connectivity index (χ4n) is 3.00. The van der Waals surface area contributed by atoms with Crippen molar-refractivity contribution in [3.63, 3.8) is 0 Å². The highest BCUT2D eigenvalue weighted by atomic mass is 16.5. The van der Waals surface area contributed by atoms with E-state index in [1.54, 1.807) is 38.1 Å². The maximum atomic E-state index is 12.9. The molecule has 0 saturated carbocycles. The lowest BCUT2D eigenvalue weighted by atomic mass is 10.0. The van der Waals surface area contributed by atoms with Crippen LogP contribution in [0.5, 0.6) is 0 Å². The first-order valence-corrected chi connectivity index (χ1v) is 11.4. The molecule has 10 N–H and O–H groups in total. The van der Waals surface area contributed by atoms with Gasteiger partial charge in [-0.1, -0.05) is 26.0 Å². The zero-order chi connectivity index (χ0) is 27.1. The van der Waals surface area contributed by atoms with Gasteiger partial charge in [-0.15, -0.1) is 0 Å². The Hall–Kier alpha value is -4.07. The van der Waals surface area contributed by atoms with Crippen LogP contribution >= 0.6 is 0 Å². The molecule has 6 amide bonds. The predicted molar refractivity (Wildman–Crippen MR) is 131 cm³/mol. The molecule has 2 unspecified atom stereocenters. The van der Waals surface area contributed by atoms with Gasteiger partial charge in [0.2, 0.25) is 11.8 Å². The van der Waals surface area contributed by atoms with E-state index in [1.807, 2.05) is 0 Å². The van der Waals surface area contributed by atoms with Gasteiger partial charge in [0.25, 0.3) is 0 Å². The van der Waals surface area contributed by atoms with Crippen LogP contribution < -0.4 is 38.1 Å². The smallest absolute Gasteiger partial charge is 0.407 e. The molecule has 200 valence electrons. The monoisotopic (exact) mass is 509 g/mol. The third kappa shape index (κ3) is 11.9. The Kier molecular flexibility index (Phi) is 13.1. The van der Waals surface area contributed by atoms with E-state index in [1.165, 1.54) is 0 Å². The van der Waals surface area contributed by atoms with Gasteiger partial charge in [0, 0.05) is 25.3 Å². The average molecular weight is 510 g/mol. The first-order chi connectivity index (χ1) is 17.0. The van der Waals surface area contributed by atoms with Crippen LogP contribution in [0.4, 0.5) is 20.1 Å². The minimum Gasteiger partial charge on any atom is -0.465 e. The first-order valence-electron chi connectivity index (χ1n) is 11.4. The number of rotatable bonds is 14. The number of hydrogen-bond donors (Lipinski definition) is 8. The molecule has 0 aliphatic rings. The van der Waals surface area contributed by atoms with E-state index in [0.29, 0.717) is 30.8 Å². The number of nitrogens with one attached hydrogen (secondary N) is 5. The molecular formula is C22H35N7O7. The van der Waals surface area contributed by atoms with Gasteiger partial charge in [-0.25, -0.2) is 14.4 Å². The molecule has 1 aromatic carbocycles. The summed E-state index contributed by atoms with van der Waals surface area (Å²) in [5, 5.41) is 21.3. The Morgan fingerprint density at radius 1 is 0.972 bits per heavy atom. The molecule has 0 aliphatic heterocycles. The summed E-state index contributed by atoms with van der Waals surface area (Å²) in [5.41, 5.74) is 11.5. The molecule has 0 radical (unpaired) electrons. The molecule has 0 saturated heterocycles. The Bertz CT molecular complexity index is 893. The van der Waals surface area contributed by atoms with E-state index in [4.69, 9.17) is 21.3 Å². The number of hydrogen-bond acceptors (Lipinski definition) is 7. The van der Waals surface area contributed by atoms with E-state index < -0.39 is 42.1 Å². The highest BCUT2D eigenvalue weighted by molar-refractivity contribution is 5.98. The van der Waals surface area contributed by atoms with Gasteiger partial charge in [-0.05, 0) is 36.5 Å². The van der Waals surface area contributed by atoms with Crippen LogP contribution in [0.3, 0.4) is 0 Å². The third-order valence-corrected chi connectivity index (χ3v) is 4.83. The Balaban J connectivity index is 2.82. The zero-order valence-electron chi connectivity index (χ0n) is 20.3. The van der Waals surface area contributed by atoms with E-state index in [0.717, 1.165) is 0 Å². The Morgan fingerprint density at radius 2 is 1.64 bits per heavy atom. The van der Waals surface area contributed by atoms with Crippen molar-refractivity contribution in [2.24, 2.45) is 17.4 Å². The Morgan fingerprint density at radius 3 is 2.19 bits per heavy atom. The maximum absolute atomic E-state index is 12.9. The highest BCUT2D eigenvalue weighted by Crippen LogP contribution is 2.12. The number of carbonyl (C=O) groups is 5. The minimum absolute atomic E-state index is 0.0172. The predicted octanol–water partition coefficient (Wildman–Crippen LogP) is 0.0355. The number of carboxylic acid groups (broad SMARTS) is 1. The number of carbonyl (C=O) groups excluding carboxylic acids is 4. The SMILES string of the molecule is CC(C)C(NC(=O)O)C(=O)NC(CCCNC(N)=O)C(=O)Nc1ccc(COC(=O)NCCN)cc1. The largest absolute Gasteiger partial charge is 0.465 e. The van der Waals surface area contributed by atoms with Gasteiger partial charge in [-0.2, -0.15) is 0 Å². The summed E-state index contributed by atoms with van der Waals surface area (Å²) in [6.07, 6.45) is -1.49. The standard InChI is InChI=1S/C22H35N7O7/c1-13(2)17(29-21(33)34)19(31)28-16(4-3-10-25-20(24)32)18(30)27-15-7-5-14(6-8-15)12-36-22(35)26-11-9-23/h5-8,13,16-17,29H,3-4,9-12,23H2,1-2H3,(H,26,35)(H,27,30)(H,28,31)(H,33,34)(H3,24,25,32). The van der Waals surface area contributed by atoms with Crippen molar-refractivity contribution in [3.05, 3.63) is 29.8 Å². The molecule has 14 nitrogen and oxygen atoms in total. The van der Waals surface area contributed by atoms with Crippen molar-refractivity contribution in [2.75, 3.05) is 25.0 Å². The number of ether oxygens (including phenoxy) is 1. The highest BCUT2D eigenvalue weighted by Gasteiger charge is 2.28. The normalized spacial score (nSPS) is 12.1. The van der Waals surface area contributed by atoms with Gasteiger partial charge in [0.1, 0.15) is 18.7 Å². The lowest BCUT2D eigenvalue weighted by molar-refractivity contribution is -0.128. The van der Waals surface area contributed by atoms with Crippen LogP contribution in [0.2, 0.25) is 0 Å². The van der Waals surface area contributed by atoms with Crippen LogP contribution in [0.25, 0.3) is 0 Å². The molecule has 0 aromatic heterocycles. The molecule has 1 aromatic rings. The van der Waals surface area contributed by atoms with Crippen LogP contribution in [-0.2, 0) is 20.9 Å². The molecular weight excluding hydrogens is 474 g/mol. The quantitative estimate of drug-likeness (QED) is 0.159. The van der Waals surface area contributed by atoms with E-state index >= 15 is 0 Å². The summed E-state index contributed by atoms with van der Waals surface area (Å²) in [7, 11) is 0. The summed E-state index contributed by atoms with van der Waals surface area (Å²) in [6.45, 7) is 4.12. The van der Waals surface area contributed by atoms with Crippen molar-refractivity contribution >= 4 is 35.7 Å². The van der Waals surface area contributed by atoms with Crippen molar-refractivity contribution in [1.82, 2.24) is 21.3 Å². The van der Waals surface area contributed by atoms with Crippen molar-refractivity contribution < 1.29 is 33.8 Å². The number of alkyl carbamates (subject to hydrolysis) is 1. The van der Waals surface area contributed by atoms with Crippen molar-refractivity contribution in [2.45, 2.75) is 45.4 Å². The summed E-state index contributed by atoms with van der Waals surface area (Å²) in [4.78, 5) is 59.1. The first kappa shape index (κ1) is 30.0. The molecule has 0 bridgehead atoms. The van der Waals surface area contributed by atoms with E-state index in [2.05, 4.69) is 26.6 Å². The second-order valence-electron chi connectivity index (χ2n) is 8.14. The number of benzene rings is 1. The van der Waals surface area contributed by atoms with Gasteiger partial charge in [-0.3, -0.25) is 9.59 Å². The topological polar surface area (TPSA) is 227 Å². The van der Waals surface area contributed by atoms with Gasteiger partial charge in [0.05, 0.1) is 0 Å². The van der Waals surface area contributed by atoms with Crippen molar-refractivity contribution in [1.29, 1.82) is 0 Å². The fraction of sp³-hybridized carbons (Fsp3) is 0.500. The number of amides is 6. The fourth-order valence-corrected chi connectivity index (χ4v) is 3.00.